The molecule has 4 aliphatic rings. The van der Waals surface area contributed by atoms with Crippen LogP contribution in [0.25, 0.3) is 11.4 Å². The number of rotatable bonds is 17. The Hall–Kier alpha value is -7.58. The van der Waals surface area contributed by atoms with Crippen LogP contribution in [0.5, 0.6) is 0 Å². The van der Waals surface area contributed by atoms with Gasteiger partial charge in [-0.25, -0.2) is 0 Å². The zero-order valence-corrected chi connectivity index (χ0v) is 49.0. The summed E-state index contributed by atoms with van der Waals surface area (Å²) in [7, 11) is 3.32. The number of likely N-dealkylation sites (tertiary alicyclic amines) is 2. The van der Waals surface area contributed by atoms with Gasteiger partial charge in [0.25, 0.3) is 11.8 Å². The zero-order valence-electron chi connectivity index (χ0n) is 49.0. The van der Waals surface area contributed by atoms with Crippen molar-refractivity contribution in [2.24, 2.45) is 10.8 Å². The molecule has 2 aromatic carbocycles. The molecule has 0 spiro atoms. The summed E-state index contributed by atoms with van der Waals surface area (Å²) in [6.07, 6.45) is 8.21. The Balaban J connectivity index is 0.937. The van der Waals surface area contributed by atoms with Gasteiger partial charge in [-0.05, 0) is 137 Å². The van der Waals surface area contributed by atoms with Gasteiger partial charge < -0.3 is 52.3 Å². The largest absolute Gasteiger partial charge is 0.347 e. The average Bonchev–Trinajstić information content (AvgIpc) is 4.28. The summed E-state index contributed by atoms with van der Waals surface area (Å²) in [5.74, 6) is -3.16. The molecule has 3 unspecified atom stereocenters. The summed E-state index contributed by atoms with van der Waals surface area (Å²) in [5, 5.41) is 24.2. The van der Waals surface area contributed by atoms with E-state index in [1.807, 2.05) is 77.9 Å². The Bertz CT molecular complexity index is 2810. The molecule has 2 aliphatic heterocycles. The Morgan fingerprint density at radius 2 is 0.902 bits per heavy atom. The fraction of sp³-hybridized carbons (Fsp3) is 0.516. The molecule has 438 valence electrons. The fourth-order valence-electron chi connectivity index (χ4n) is 11.5. The van der Waals surface area contributed by atoms with Gasteiger partial charge in [0.05, 0.1) is 46.7 Å². The highest BCUT2D eigenvalue weighted by Crippen LogP contribution is 2.34. The number of hydrogen-bond donors (Lipinski definition) is 8. The molecule has 0 saturated carbocycles. The zero-order chi connectivity index (χ0) is 59.2. The van der Waals surface area contributed by atoms with Crippen molar-refractivity contribution in [2.45, 2.75) is 167 Å². The van der Waals surface area contributed by atoms with Gasteiger partial charge in [0.15, 0.2) is 0 Å². The third-order valence-electron chi connectivity index (χ3n) is 16.6. The van der Waals surface area contributed by atoms with Crippen LogP contribution in [0.3, 0.4) is 0 Å². The topological polar surface area (TPSA) is 265 Å². The van der Waals surface area contributed by atoms with E-state index in [0.717, 1.165) is 49.7 Å². The standard InChI is InChI=1S/C62H82N12O8/c1-35(63-9)53(75)71-51(61(3,4)5)59(81)73-33-41(29-49(73)57(79)69-45-23-15-19-37-17-11-13-21-43(37)45)67-55(77)39-25-27-47(65-31-39)48-28-26-40(32-66-48)56(78)68-42-30-50(58(80)70-46-24-16-20-38-18-12-14-22-44(38)46)74(34-42)60(82)52(62(6,7)8)72-54(76)36(2)64-10/h11-14,17-18,21-22,25-28,31-32,35-36,41-42,45-46,49-52,63-64H,15-16,19-20,23-24,29-30,33-34H2,1-10H3,(H,67,77)(H,68,78)(H,69,79)(H,70,80)(H,71,75)(H,72,76)/t35-,36-,41-,42-,45+,46+,49?,50?,51+,52?/m0/s1. The van der Waals surface area contributed by atoms with Crippen LogP contribution in [-0.2, 0) is 41.6 Å². The number of nitrogens with one attached hydrogen (secondary N) is 8. The van der Waals surface area contributed by atoms with Gasteiger partial charge in [0.2, 0.25) is 35.4 Å². The molecule has 20 nitrogen and oxygen atoms in total. The predicted molar refractivity (Wildman–Crippen MR) is 311 cm³/mol. The molecule has 0 radical (unpaired) electrons. The first-order valence-electron chi connectivity index (χ1n) is 28.8. The monoisotopic (exact) mass is 1120 g/mol. The highest BCUT2D eigenvalue weighted by atomic mass is 16.2. The number of aryl methyl sites for hydroxylation is 2. The van der Waals surface area contributed by atoms with Crippen LogP contribution in [0, 0.1) is 10.8 Å². The minimum atomic E-state index is -0.972. The third-order valence-corrected chi connectivity index (χ3v) is 16.6. The summed E-state index contributed by atoms with van der Waals surface area (Å²) in [4.78, 5) is 124. The molecule has 8 amide bonds. The number of fused-ring (bicyclic) bond motifs is 2. The number of likely N-dealkylation sites (N-methyl/N-ethyl adjacent to an activating group) is 2. The molecule has 2 aliphatic carbocycles. The Labute approximate surface area is 481 Å². The van der Waals surface area contributed by atoms with Crippen molar-refractivity contribution in [2.75, 3.05) is 27.2 Å². The summed E-state index contributed by atoms with van der Waals surface area (Å²) in [6, 6.07) is 15.8. The molecule has 0 bridgehead atoms. The molecule has 4 aromatic rings. The number of aromatic nitrogens is 2. The molecule has 82 heavy (non-hydrogen) atoms. The highest BCUT2D eigenvalue weighted by molar-refractivity contribution is 5.98. The van der Waals surface area contributed by atoms with Crippen LogP contribution in [0.4, 0.5) is 0 Å². The van der Waals surface area contributed by atoms with E-state index in [-0.39, 0.29) is 72.8 Å². The maximum absolute atomic E-state index is 14.6. The fourth-order valence-corrected chi connectivity index (χ4v) is 11.5. The van der Waals surface area contributed by atoms with Crippen molar-refractivity contribution in [1.29, 1.82) is 0 Å². The van der Waals surface area contributed by atoms with Gasteiger partial charge in [-0.15, -0.1) is 0 Å². The van der Waals surface area contributed by atoms with E-state index in [1.54, 1.807) is 52.2 Å². The van der Waals surface area contributed by atoms with E-state index in [4.69, 9.17) is 0 Å². The van der Waals surface area contributed by atoms with Crippen molar-refractivity contribution in [3.8, 4) is 11.4 Å². The predicted octanol–water partition coefficient (Wildman–Crippen LogP) is 4.21. The Morgan fingerprint density at radius 1 is 0.524 bits per heavy atom. The molecule has 20 heteroatoms. The van der Waals surface area contributed by atoms with Crippen LogP contribution in [-0.4, -0.2) is 143 Å². The van der Waals surface area contributed by atoms with Gasteiger partial charge in [-0.3, -0.25) is 48.3 Å². The molecule has 2 aromatic heterocycles. The van der Waals surface area contributed by atoms with Crippen LogP contribution < -0.4 is 42.5 Å². The maximum atomic E-state index is 14.6. The summed E-state index contributed by atoms with van der Waals surface area (Å²) in [6.45, 7) is 14.6. The van der Waals surface area contributed by atoms with Crippen LogP contribution >= 0.6 is 0 Å². The van der Waals surface area contributed by atoms with Crippen molar-refractivity contribution < 1.29 is 38.4 Å². The lowest BCUT2D eigenvalue weighted by Crippen LogP contribution is -2.59. The number of nitrogens with zero attached hydrogens (tertiary/aromatic N) is 4. The van der Waals surface area contributed by atoms with E-state index in [2.05, 4.69) is 64.6 Å². The van der Waals surface area contributed by atoms with E-state index in [9.17, 15) is 38.4 Å². The highest BCUT2D eigenvalue weighted by Gasteiger charge is 2.48. The normalized spacial score (nSPS) is 22.0. The summed E-state index contributed by atoms with van der Waals surface area (Å²) >= 11 is 0. The number of benzene rings is 2. The van der Waals surface area contributed by atoms with Gasteiger partial charge in [0.1, 0.15) is 24.2 Å². The molecule has 4 heterocycles. The SMILES string of the molecule is CN[C@@H](C)C(=O)NC(C(=O)N1C[C@@H](NC(=O)c2ccc(-c3ccc(C(=O)N[C@H]4CC(C(=O)N[C@@H]5CCCc6ccccc65)N(C(=O)[C@@H](NC(=O)[C@H](C)NC)C(C)(C)C)C4)cn3)nc2)CC1C(=O)N[C@@H]1CCCc2ccccc21)C(C)(C)C. The second-order valence-corrected chi connectivity index (χ2v) is 24.6. The maximum Gasteiger partial charge on any atom is 0.253 e. The van der Waals surface area contributed by atoms with Crippen molar-refractivity contribution in [1.82, 2.24) is 62.3 Å². The Kier molecular flexibility index (Phi) is 19.0. The molecule has 2 fully saturated rings. The van der Waals surface area contributed by atoms with E-state index in [1.165, 1.54) is 33.3 Å². The minimum Gasteiger partial charge on any atom is -0.347 e. The lowest BCUT2D eigenvalue weighted by Gasteiger charge is -2.36. The van der Waals surface area contributed by atoms with Crippen LogP contribution in [0.1, 0.15) is 149 Å². The summed E-state index contributed by atoms with van der Waals surface area (Å²) < 4.78 is 0. The van der Waals surface area contributed by atoms with Gasteiger partial charge in [-0.1, -0.05) is 90.1 Å². The van der Waals surface area contributed by atoms with Crippen molar-refractivity contribution in [3.63, 3.8) is 0 Å². The minimum absolute atomic E-state index is 0.0279. The first-order valence-corrected chi connectivity index (χ1v) is 28.8. The Morgan fingerprint density at radius 3 is 1.24 bits per heavy atom. The number of carbonyl (C=O) groups is 8. The van der Waals surface area contributed by atoms with E-state index < -0.39 is 82.8 Å². The van der Waals surface area contributed by atoms with Crippen molar-refractivity contribution in [3.05, 3.63) is 119 Å². The second kappa shape index (κ2) is 25.7. The second-order valence-electron chi connectivity index (χ2n) is 24.6. The number of carbonyl (C=O) groups excluding carboxylic acids is 8. The van der Waals surface area contributed by atoms with Crippen LogP contribution in [0.2, 0.25) is 0 Å². The quantitative estimate of drug-likeness (QED) is 0.0740. The number of amides is 8. The molecule has 10 atom stereocenters. The number of hydrogen-bond acceptors (Lipinski definition) is 12. The van der Waals surface area contributed by atoms with Gasteiger partial charge in [0, 0.05) is 37.6 Å². The first-order chi connectivity index (χ1) is 38.9. The van der Waals surface area contributed by atoms with E-state index in [0.29, 0.717) is 11.4 Å². The summed E-state index contributed by atoms with van der Waals surface area (Å²) in [5.41, 5.74) is 4.30. The third kappa shape index (κ3) is 14.0. The first kappa shape index (κ1) is 60.5. The number of pyridine rings is 2. The molecular weight excluding hydrogens is 1040 g/mol. The van der Waals surface area contributed by atoms with Gasteiger partial charge in [-0.2, -0.15) is 0 Å². The van der Waals surface area contributed by atoms with Crippen LogP contribution in [0.15, 0.2) is 85.2 Å². The van der Waals surface area contributed by atoms with Gasteiger partial charge >= 0.3 is 0 Å². The smallest absolute Gasteiger partial charge is 0.253 e. The molecule has 8 rings (SSSR count). The lowest BCUT2D eigenvalue weighted by molar-refractivity contribution is -0.144. The van der Waals surface area contributed by atoms with Crippen molar-refractivity contribution >= 4 is 47.3 Å². The lowest BCUT2D eigenvalue weighted by atomic mass is 9.85. The van der Waals surface area contributed by atoms with E-state index >= 15 is 0 Å². The average molecular weight is 1120 g/mol. The molecular formula is C62H82N12O8. The molecule has 2 saturated heterocycles. The molecule has 8 N–H and O–H groups in total.